The maximum atomic E-state index is 12.1. The largest absolute Gasteiger partial charge is 0.396 e. The Balaban J connectivity index is 1.37. The summed E-state index contributed by atoms with van der Waals surface area (Å²) in [5.41, 5.74) is 0.795. The standard InChI is InChI=1S/C25H42O3/c1-24-13-11-19(27)17-18(24)7-8-20-21-9-10-23(25(21,2)14-12-22(20)24)28-16-6-4-3-5-15-26/h18,20-23,26H,3-17H2,1-2H3/t18-,20-,21?,22-,23-,24-,25-/m0/s1. The Kier molecular flexibility index (Phi) is 6.24. The number of unbranched alkanes of at least 4 members (excludes halogenated alkanes) is 3. The number of aliphatic hydroxyl groups excluding tert-OH is 1. The van der Waals surface area contributed by atoms with Crippen LogP contribution in [0.1, 0.15) is 97.3 Å². The predicted molar refractivity (Wildman–Crippen MR) is 112 cm³/mol. The van der Waals surface area contributed by atoms with Gasteiger partial charge in [0.25, 0.3) is 0 Å². The lowest BCUT2D eigenvalue weighted by molar-refractivity contribution is -0.145. The Hall–Kier alpha value is -0.410. The summed E-state index contributed by atoms with van der Waals surface area (Å²) in [6.07, 6.45) is 15.6. The van der Waals surface area contributed by atoms with Crippen LogP contribution in [0.25, 0.3) is 0 Å². The lowest BCUT2D eigenvalue weighted by Crippen LogP contribution is -2.54. The number of carbonyl (C=O) groups excluding carboxylic acids is 1. The van der Waals surface area contributed by atoms with E-state index >= 15 is 0 Å². The van der Waals surface area contributed by atoms with Crippen molar-refractivity contribution < 1.29 is 14.6 Å². The summed E-state index contributed by atoms with van der Waals surface area (Å²) in [5, 5.41) is 8.91. The van der Waals surface area contributed by atoms with Gasteiger partial charge in [-0.3, -0.25) is 4.79 Å². The van der Waals surface area contributed by atoms with E-state index in [9.17, 15) is 4.79 Å². The van der Waals surface area contributed by atoms with Crippen molar-refractivity contribution in [3.63, 3.8) is 0 Å². The second kappa shape index (κ2) is 8.38. The highest BCUT2D eigenvalue weighted by Crippen LogP contribution is 2.66. The summed E-state index contributed by atoms with van der Waals surface area (Å²) >= 11 is 0. The first-order valence-corrected chi connectivity index (χ1v) is 12.2. The number of ether oxygens (including phenoxy) is 1. The molecule has 0 radical (unpaired) electrons. The van der Waals surface area contributed by atoms with Gasteiger partial charge in [-0.15, -0.1) is 0 Å². The van der Waals surface area contributed by atoms with Crippen LogP contribution >= 0.6 is 0 Å². The summed E-state index contributed by atoms with van der Waals surface area (Å²) in [4.78, 5) is 12.1. The van der Waals surface area contributed by atoms with Crippen LogP contribution in [0.4, 0.5) is 0 Å². The second-order valence-electron chi connectivity index (χ2n) is 11.0. The van der Waals surface area contributed by atoms with Crippen molar-refractivity contribution in [2.75, 3.05) is 13.2 Å². The monoisotopic (exact) mass is 390 g/mol. The molecule has 1 N–H and O–H groups in total. The first-order valence-electron chi connectivity index (χ1n) is 12.2. The molecular weight excluding hydrogens is 348 g/mol. The summed E-state index contributed by atoms with van der Waals surface area (Å²) < 4.78 is 6.47. The number of hydrogen-bond acceptors (Lipinski definition) is 3. The van der Waals surface area contributed by atoms with Gasteiger partial charge in [-0.2, -0.15) is 0 Å². The average molecular weight is 391 g/mol. The third kappa shape index (κ3) is 3.60. The van der Waals surface area contributed by atoms with E-state index in [0.717, 1.165) is 62.9 Å². The first kappa shape index (κ1) is 20.8. The quantitative estimate of drug-likeness (QED) is 0.581. The molecule has 0 amide bonds. The summed E-state index contributed by atoms with van der Waals surface area (Å²) in [6.45, 7) is 6.29. The number of rotatable bonds is 7. The topological polar surface area (TPSA) is 46.5 Å². The van der Waals surface area contributed by atoms with Crippen molar-refractivity contribution in [1.82, 2.24) is 0 Å². The molecule has 0 heterocycles. The molecule has 0 spiro atoms. The Morgan fingerprint density at radius 1 is 0.929 bits per heavy atom. The van der Waals surface area contributed by atoms with Gasteiger partial charge >= 0.3 is 0 Å². The van der Waals surface area contributed by atoms with Crippen LogP contribution in [0.5, 0.6) is 0 Å². The summed E-state index contributed by atoms with van der Waals surface area (Å²) in [7, 11) is 0. The number of ketones is 1. The Labute approximate surface area is 172 Å². The molecule has 28 heavy (non-hydrogen) atoms. The molecule has 4 rings (SSSR count). The van der Waals surface area contributed by atoms with E-state index in [4.69, 9.17) is 9.84 Å². The van der Waals surface area contributed by atoms with Gasteiger partial charge < -0.3 is 9.84 Å². The van der Waals surface area contributed by atoms with Gasteiger partial charge in [0.1, 0.15) is 5.78 Å². The molecule has 3 nitrogen and oxygen atoms in total. The minimum Gasteiger partial charge on any atom is -0.396 e. The van der Waals surface area contributed by atoms with Gasteiger partial charge in [-0.05, 0) is 92.3 Å². The van der Waals surface area contributed by atoms with Gasteiger partial charge in [0.2, 0.25) is 0 Å². The molecule has 4 saturated carbocycles. The highest BCUT2D eigenvalue weighted by molar-refractivity contribution is 5.79. The fraction of sp³-hybridized carbons (Fsp3) is 0.960. The average Bonchev–Trinajstić information content (AvgIpc) is 3.01. The van der Waals surface area contributed by atoms with Crippen molar-refractivity contribution in [3.05, 3.63) is 0 Å². The number of aliphatic hydroxyl groups is 1. The third-order valence-corrected chi connectivity index (χ3v) is 9.77. The Morgan fingerprint density at radius 2 is 1.71 bits per heavy atom. The van der Waals surface area contributed by atoms with Crippen LogP contribution in [-0.4, -0.2) is 30.2 Å². The zero-order valence-electron chi connectivity index (χ0n) is 18.3. The van der Waals surface area contributed by atoms with Crippen LogP contribution in [-0.2, 0) is 9.53 Å². The van der Waals surface area contributed by atoms with E-state index in [2.05, 4.69) is 13.8 Å². The van der Waals surface area contributed by atoms with Crippen molar-refractivity contribution >= 4 is 5.78 Å². The van der Waals surface area contributed by atoms with Crippen molar-refractivity contribution in [3.8, 4) is 0 Å². The minimum atomic E-state index is 0.319. The highest BCUT2D eigenvalue weighted by Gasteiger charge is 2.60. The fourth-order valence-corrected chi connectivity index (χ4v) is 8.06. The predicted octanol–water partition coefficient (Wildman–Crippen LogP) is 5.54. The minimum absolute atomic E-state index is 0.319. The molecule has 160 valence electrons. The molecule has 0 aromatic carbocycles. The Morgan fingerprint density at radius 3 is 2.54 bits per heavy atom. The molecule has 4 fully saturated rings. The normalized spacial score (nSPS) is 45.4. The number of Topliss-reactive ketones (excluding diaryl/α,β-unsaturated/α-hetero) is 1. The third-order valence-electron chi connectivity index (χ3n) is 9.77. The molecule has 0 aromatic rings. The highest BCUT2D eigenvalue weighted by atomic mass is 16.5. The van der Waals surface area contributed by atoms with Gasteiger partial charge in [0, 0.05) is 26.1 Å². The maximum Gasteiger partial charge on any atom is 0.133 e. The molecule has 0 bridgehead atoms. The van der Waals surface area contributed by atoms with Crippen LogP contribution in [0.3, 0.4) is 0 Å². The maximum absolute atomic E-state index is 12.1. The lowest BCUT2D eigenvalue weighted by Gasteiger charge is -2.60. The zero-order valence-corrected chi connectivity index (χ0v) is 18.3. The fourth-order valence-electron chi connectivity index (χ4n) is 8.06. The van der Waals surface area contributed by atoms with E-state index < -0.39 is 0 Å². The van der Waals surface area contributed by atoms with E-state index in [1.807, 2.05) is 0 Å². The number of hydrogen-bond donors (Lipinski definition) is 1. The molecule has 4 aliphatic carbocycles. The molecule has 7 atom stereocenters. The molecule has 0 aliphatic heterocycles. The van der Waals surface area contributed by atoms with Crippen molar-refractivity contribution in [1.29, 1.82) is 0 Å². The van der Waals surface area contributed by atoms with Crippen LogP contribution in [0.2, 0.25) is 0 Å². The molecule has 3 heteroatoms. The number of fused-ring (bicyclic) bond motifs is 5. The zero-order chi connectivity index (χ0) is 19.8. The molecule has 4 aliphatic rings. The smallest absolute Gasteiger partial charge is 0.133 e. The van der Waals surface area contributed by atoms with Gasteiger partial charge in [0.15, 0.2) is 0 Å². The molecule has 1 unspecified atom stereocenters. The van der Waals surface area contributed by atoms with Crippen LogP contribution in [0, 0.1) is 34.5 Å². The van der Waals surface area contributed by atoms with Crippen molar-refractivity contribution in [2.24, 2.45) is 34.5 Å². The Bertz CT molecular complexity index is 560. The number of carbonyl (C=O) groups is 1. The van der Waals surface area contributed by atoms with Crippen molar-refractivity contribution in [2.45, 2.75) is 103 Å². The molecule has 0 aromatic heterocycles. The van der Waals surface area contributed by atoms with Crippen LogP contribution < -0.4 is 0 Å². The molecular formula is C25H42O3. The van der Waals surface area contributed by atoms with Gasteiger partial charge in [0.05, 0.1) is 6.10 Å². The summed E-state index contributed by atoms with van der Waals surface area (Å²) in [6, 6.07) is 0. The SMILES string of the molecule is C[C@]12CCC(=O)C[C@@H]1CC[C@H]1C3CC[C@H](OCCCCCCO)[C@@]3(C)CC[C@@H]12. The summed E-state index contributed by atoms with van der Waals surface area (Å²) in [5.74, 6) is 3.73. The van der Waals surface area contributed by atoms with Gasteiger partial charge in [-0.1, -0.05) is 26.7 Å². The van der Waals surface area contributed by atoms with Crippen LogP contribution in [0.15, 0.2) is 0 Å². The van der Waals surface area contributed by atoms with E-state index in [1.54, 1.807) is 0 Å². The van der Waals surface area contributed by atoms with E-state index in [1.165, 1.54) is 44.9 Å². The lowest BCUT2D eigenvalue weighted by atomic mass is 9.45. The van der Waals surface area contributed by atoms with Gasteiger partial charge in [-0.25, -0.2) is 0 Å². The van der Waals surface area contributed by atoms with E-state index in [-0.39, 0.29) is 0 Å². The molecule has 0 saturated heterocycles. The van der Waals surface area contributed by atoms with E-state index in [0.29, 0.717) is 35.2 Å². The first-order chi connectivity index (χ1) is 13.5. The second-order valence-corrected chi connectivity index (χ2v) is 11.0.